The first kappa shape index (κ1) is 28.7. The van der Waals surface area contributed by atoms with Crippen molar-refractivity contribution in [3.63, 3.8) is 0 Å². The fraction of sp³-hybridized carbons (Fsp3) is 0.567. The first-order chi connectivity index (χ1) is 18.2. The number of nitrogens with one attached hydrogen (secondary N) is 1. The van der Waals surface area contributed by atoms with E-state index in [2.05, 4.69) is 19.2 Å². The minimum atomic E-state index is -3.67. The molecule has 6 nitrogen and oxygen atoms in total. The van der Waals surface area contributed by atoms with E-state index in [0.717, 1.165) is 24.8 Å². The third kappa shape index (κ3) is 5.82. The highest BCUT2D eigenvalue weighted by Gasteiger charge is 2.43. The zero-order valence-electron chi connectivity index (χ0n) is 22.8. The van der Waals surface area contributed by atoms with E-state index in [1.54, 1.807) is 12.1 Å². The molecule has 0 bridgehead atoms. The maximum Gasteiger partial charge on any atom is 0.231 e. The molecule has 2 aliphatic rings. The predicted octanol–water partition coefficient (Wildman–Crippen LogP) is 5.62. The average molecular weight is 545 g/mol. The van der Waals surface area contributed by atoms with Gasteiger partial charge in [0.2, 0.25) is 15.9 Å². The van der Waals surface area contributed by atoms with Crippen LogP contribution in [-0.4, -0.2) is 43.9 Å². The van der Waals surface area contributed by atoms with E-state index in [0.29, 0.717) is 50.0 Å². The Labute approximate surface area is 227 Å². The van der Waals surface area contributed by atoms with Crippen molar-refractivity contribution >= 4 is 15.9 Å². The molecule has 0 radical (unpaired) electrons. The van der Waals surface area contributed by atoms with Gasteiger partial charge in [-0.3, -0.25) is 4.79 Å². The number of rotatable bonds is 9. The maximum atomic E-state index is 15.7. The molecule has 2 heterocycles. The van der Waals surface area contributed by atoms with Crippen molar-refractivity contribution in [2.24, 2.45) is 0 Å². The summed E-state index contributed by atoms with van der Waals surface area (Å²) in [4.78, 5) is 13.6. The lowest BCUT2D eigenvalue weighted by atomic mass is 9.73. The van der Waals surface area contributed by atoms with Crippen LogP contribution in [0.15, 0.2) is 48.5 Å². The number of carbonyl (C=O) groups excluding carboxylic acids is 1. The summed E-state index contributed by atoms with van der Waals surface area (Å²) >= 11 is 0. The normalized spacial score (nSPS) is 24.0. The van der Waals surface area contributed by atoms with Crippen LogP contribution < -0.4 is 5.32 Å². The molecule has 3 atom stereocenters. The number of hydrogen-bond donors (Lipinski definition) is 1. The summed E-state index contributed by atoms with van der Waals surface area (Å²) in [5.41, 5.74) is 0.850. The fourth-order valence-electron chi connectivity index (χ4n) is 5.91. The van der Waals surface area contributed by atoms with Gasteiger partial charge in [-0.25, -0.2) is 12.8 Å². The molecule has 208 valence electrons. The molecular formula is C30H41FN2O4S. The lowest BCUT2D eigenvalue weighted by Gasteiger charge is -2.38. The van der Waals surface area contributed by atoms with Gasteiger partial charge in [-0.15, -0.1) is 0 Å². The molecule has 1 N–H and O–H groups in total. The molecule has 0 saturated carbocycles. The van der Waals surface area contributed by atoms with Crippen molar-refractivity contribution in [3.05, 3.63) is 71.0 Å². The van der Waals surface area contributed by atoms with Gasteiger partial charge >= 0.3 is 0 Å². The van der Waals surface area contributed by atoms with Crippen LogP contribution in [0.4, 0.5) is 4.39 Å². The van der Waals surface area contributed by atoms with Gasteiger partial charge in [-0.1, -0.05) is 62.7 Å². The van der Waals surface area contributed by atoms with Gasteiger partial charge in [0.1, 0.15) is 11.1 Å². The van der Waals surface area contributed by atoms with Gasteiger partial charge < -0.3 is 10.1 Å². The Kier molecular flexibility index (Phi) is 9.27. The van der Waals surface area contributed by atoms with Crippen LogP contribution in [0.3, 0.4) is 0 Å². The number of halogens is 1. The van der Waals surface area contributed by atoms with E-state index in [1.807, 2.05) is 37.3 Å². The zero-order chi connectivity index (χ0) is 27.3. The van der Waals surface area contributed by atoms with Crippen LogP contribution in [0.1, 0.15) is 87.7 Å². The Morgan fingerprint density at radius 2 is 1.84 bits per heavy atom. The van der Waals surface area contributed by atoms with Crippen molar-refractivity contribution in [1.82, 2.24) is 9.62 Å². The molecule has 0 aliphatic carbocycles. The molecule has 1 unspecified atom stereocenters. The van der Waals surface area contributed by atoms with Gasteiger partial charge in [0.15, 0.2) is 0 Å². The molecule has 38 heavy (non-hydrogen) atoms. The SMILES string of the molecule is CCCC(CC)NC(=O)C1(c2ccc(CN3[C@@H](C)CC[C@H](c4ccccc4)S3(=O)=O)c(F)c2)CCOCC1. The third-order valence-electron chi connectivity index (χ3n) is 8.37. The molecule has 2 saturated heterocycles. The van der Waals surface area contributed by atoms with Gasteiger partial charge in [-0.2, -0.15) is 4.31 Å². The lowest BCUT2D eigenvalue weighted by molar-refractivity contribution is -0.131. The van der Waals surface area contributed by atoms with Crippen molar-refractivity contribution < 1.29 is 22.3 Å². The van der Waals surface area contributed by atoms with E-state index in [-0.39, 0.29) is 24.5 Å². The molecule has 2 fully saturated rings. The first-order valence-corrected chi connectivity index (χ1v) is 15.5. The average Bonchev–Trinajstić information content (AvgIpc) is 2.92. The monoisotopic (exact) mass is 544 g/mol. The molecule has 8 heteroatoms. The fourth-order valence-corrected chi connectivity index (χ4v) is 8.10. The highest BCUT2D eigenvalue weighted by Crippen LogP contribution is 2.40. The second kappa shape index (κ2) is 12.3. The summed E-state index contributed by atoms with van der Waals surface area (Å²) in [6.07, 6.45) is 4.93. The highest BCUT2D eigenvalue weighted by atomic mass is 32.2. The van der Waals surface area contributed by atoms with Gasteiger partial charge in [-0.05, 0) is 62.6 Å². The molecule has 2 aromatic carbocycles. The molecule has 2 aliphatic heterocycles. The Morgan fingerprint density at radius 3 is 2.47 bits per heavy atom. The van der Waals surface area contributed by atoms with Crippen LogP contribution in [0.2, 0.25) is 0 Å². The van der Waals surface area contributed by atoms with Crippen LogP contribution in [0.25, 0.3) is 0 Å². The number of carbonyl (C=O) groups is 1. The maximum absolute atomic E-state index is 15.7. The Hall–Kier alpha value is -2.29. The van der Waals surface area contributed by atoms with Crippen LogP contribution in [-0.2, 0) is 31.5 Å². The minimum absolute atomic E-state index is 0.0321. The molecule has 1 amide bonds. The topological polar surface area (TPSA) is 75.7 Å². The summed E-state index contributed by atoms with van der Waals surface area (Å²) in [5, 5.41) is 2.58. The van der Waals surface area contributed by atoms with Crippen LogP contribution in [0.5, 0.6) is 0 Å². The Balaban J connectivity index is 1.60. The van der Waals surface area contributed by atoms with Gasteiger partial charge in [0, 0.05) is 37.4 Å². The Bertz CT molecular complexity index is 1200. The summed E-state index contributed by atoms with van der Waals surface area (Å²) in [5.74, 6) is -0.558. The molecule has 0 spiro atoms. The Morgan fingerprint density at radius 1 is 1.13 bits per heavy atom. The quantitative estimate of drug-likeness (QED) is 0.444. The van der Waals surface area contributed by atoms with Crippen molar-refractivity contribution in [3.8, 4) is 0 Å². The standard InChI is InChI=1S/C30H41FN2O4S/c1-4-9-26(5-2)32-29(34)30(16-18-37-19-17-30)25-14-13-24(27(31)20-25)21-33-22(3)12-15-28(38(33,35)36)23-10-7-6-8-11-23/h6-8,10-11,13-14,20,22,26,28H,4-5,9,12,15-19,21H2,1-3H3,(H,32,34)/t22-,26?,28+/m0/s1. The second-order valence-electron chi connectivity index (χ2n) is 10.8. The zero-order valence-corrected chi connectivity index (χ0v) is 23.6. The summed E-state index contributed by atoms with van der Waals surface area (Å²) in [6, 6.07) is 14.0. The van der Waals surface area contributed by atoms with E-state index in [9.17, 15) is 13.2 Å². The third-order valence-corrected chi connectivity index (χ3v) is 10.7. The summed E-state index contributed by atoms with van der Waals surface area (Å²) in [7, 11) is -3.67. The summed E-state index contributed by atoms with van der Waals surface area (Å²) in [6.45, 7) is 6.88. The lowest BCUT2D eigenvalue weighted by Crippen LogP contribution is -2.51. The molecule has 2 aromatic rings. The number of sulfonamides is 1. The molecule has 0 aromatic heterocycles. The highest BCUT2D eigenvalue weighted by molar-refractivity contribution is 7.89. The minimum Gasteiger partial charge on any atom is -0.381 e. The van der Waals surface area contributed by atoms with Crippen LogP contribution in [0, 0.1) is 5.82 Å². The number of amides is 1. The summed E-state index contributed by atoms with van der Waals surface area (Å²) < 4.78 is 49.9. The molecule has 4 rings (SSSR count). The van der Waals surface area contributed by atoms with Crippen LogP contribution >= 0.6 is 0 Å². The predicted molar refractivity (Wildman–Crippen MR) is 148 cm³/mol. The molecular weight excluding hydrogens is 503 g/mol. The van der Waals surface area contributed by atoms with Gasteiger partial charge in [0.05, 0.1) is 5.41 Å². The van der Waals surface area contributed by atoms with Gasteiger partial charge in [0.25, 0.3) is 0 Å². The smallest absolute Gasteiger partial charge is 0.231 e. The number of benzene rings is 2. The second-order valence-corrected chi connectivity index (χ2v) is 12.9. The van der Waals surface area contributed by atoms with E-state index < -0.39 is 26.5 Å². The largest absolute Gasteiger partial charge is 0.381 e. The number of nitrogens with zero attached hydrogens (tertiary/aromatic N) is 1. The van der Waals surface area contributed by atoms with E-state index >= 15 is 4.39 Å². The van der Waals surface area contributed by atoms with Crippen molar-refractivity contribution in [2.75, 3.05) is 13.2 Å². The first-order valence-electron chi connectivity index (χ1n) is 14.0. The van der Waals surface area contributed by atoms with E-state index in [1.165, 1.54) is 10.4 Å². The van der Waals surface area contributed by atoms with Crippen molar-refractivity contribution in [2.45, 2.75) is 95.0 Å². The van der Waals surface area contributed by atoms with Crippen molar-refractivity contribution in [1.29, 1.82) is 0 Å². The number of hydrogen-bond acceptors (Lipinski definition) is 4. The number of ether oxygens (including phenoxy) is 1. The van der Waals surface area contributed by atoms with E-state index in [4.69, 9.17) is 4.74 Å².